The third kappa shape index (κ3) is 2.46. The minimum absolute atomic E-state index is 0.00933. The topological polar surface area (TPSA) is 77.2 Å². The Bertz CT molecular complexity index is 1290. The molecule has 0 saturated heterocycles. The van der Waals surface area contributed by atoms with Gasteiger partial charge in [-0.05, 0) is 46.4 Å². The Morgan fingerprint density at radius 1 is 1.03 bits per heavy atom. The lowest BCUT2D eigenvalue weighted by molar-refractivity contribution is -0.724. The molecule has 2 atom stereocenters. The predicted molar refractivity (Wildman–Crippen MR) is 115 cm³/mol. The van der Waals surface area contributed by atoms with Crippen LogP contribution >= 0.6 is 22.6 Å². The van der Waals surface area contributed by atoms with Crippen LogP contribution < -0.4 is 15.1 Å². The van der Waals surface area contributed by atoms with Crippen LogP contribution in [0.5, 0.6) is 6.01 Å². The van der Waals surface area contributed by atoms with Crippen LogP contribution in [0, 0.1) is 9.49 Å². The summed E-state index contributed by atoms with van der Waals surface area (Å²) in [6.45, 7) is 0. The molecule has 29 heavy (non-hydrogen) atoms. The SMILES string of the molecule is Cn1c(O)[n+](C)c2c(c1=O)C(c1ccc(I)cc1)C1C(=O)c3ccccc3C1=[NH+]2. The van der Waals surface area contributed by atoms with Gasteiger partial charge in [-0.25, -0.2) is 9.79 Å². The lowest BCUT2D eigenvalue weighted by Crippen LogP contribution is -2.77. The Balaban J connectivity index is 1.89. The molecule has 5 rings (SSSR count). The molecule has 0 fully saturated rings. The maximum atomic E-state index is 13.4. The Labute approximate surface area is 180 Å². The van der Waals surface area contributed by atoms with Crippen molar-refractivity contribution in [2.45, 2.75) is 5.92 Å². The number of fused-ring (bicyclic) bond motifs is 4. The fraction of sp³-hybridized carbons (Fsp3) is 0.182. The van der Waals surface area contributed by atoms with E-state index in [2.05, 4.69) is 27.6 Å². The maximum absolute atomic E-state index is 13.4. The van der Waals surface area contributed by atoms with Crippen LogP contribution in [0.1, 0.15) is 33.0 Å². The molecule has 1 aromatic heterocycles. The number of rotatable bonds is 1. The van der Waals surface area contributed by atoms with Gasteiger partial charge in [-0.3, -0.25) is 4.79 Å². The number of Topliss-reactive ketones (excluding diaryl/α,β-unsaturated/α-hetero) is 1. The molecule has 0 saturated carbocycles. The van der Waals surface area contributed by atoms with Gasteiger partial charge in [0.2, 0.25) is 0 Å². The van der Waals surface area contributed by atoms with E-state index in [0.717, 1.165) is 20.4 Å². The molecule has 2 unspecified atom stereocenters. The molecule has 0 bridgehead atoms. The fourth-order valence-corrected chi connectivity index (χ4v) is 4.86. The predicted octanol–water partition coefficient (Wildman–Crippen LogP) is 0.679. The number of benzene rings is 2. The number of carbonyl (C=O) groups excluding carboxylic acids is 1. The van der Waals surface area contributed by atoms with E-state index in [1.807, 2.05) is 48.5 Å². The van der Waals surface area contributed by atoms with E-state index in [0.29, 0.717) is 16.9 Å². The van der Waals surface area contributed by atoms with Crippen molar-refractivity contribution in [3.05, 3.63) is 84.7 Å². The van der Waals surface area contributed by atoms with E-state index in [9.17, 15) is 14.7 Å². The summed E-state index contributed by atoms with van der Waals surface area (Å²) in [5.41, 5.74) is 3.37. The molecule has 3 aromatic rings. The number of aromatic hydroxyl groups is 1. The van der Waals surface area contributed by atoms with Crippen LogP contribution in [0.3, 0.4) is 0 Å². The van der Waals surface area contributed by atoms with Crippen LogP contribution in [0.2, 0.25) is 0 Å². The molecule has 144 valence electrons. The van der Waals surface area contributed by atoms with E-state index in [4.69, 9.17) is 0 Å². The van der Waals surface area contributed by atoms with Crippen LogP contribution in [-0.2, 0) is 14.1 Å². The van der Waals surface area contributed by atoms with E-state index < -0.39 is 11.8 Å². The lowest BCUT2D eigenvalue weighted by Gasteiger charge is -2.24. The minimum Gasteiger partial charge on any atom is -0.434 e. The quantitative estimate of drug-likeness (QED) is 0.382. The molecule has 2 heterocycles. The summed E-state index contributed by atoms with van der Waals surface area (Å²) in [4.78, 5) is 30.0. The van der Waals surface area contributed by atoms with Gasteiger partial charge in [0.1, 0.15) is 25.7 Å². The number of hydrogen-bond acceptors (Lipinski definition) is 3. The summed E-state index contributed by atoms with van der Waals surface area (Å²) in [5, 5.41) is 10.4. The standard InChI is InChI=1S/C22H16IN3O3/c1-25-20-17(21(28)26(2)22(25)29)15(11-7-9-12(23)10-8-11)16-18(24-20)13-5-3-4-6-14(13)19(16)27/h3-10,15-16H,1-2H3/p+2. The van der Waals surface area contributed by atoms with E-state index >= 15 is 0 Å². The van der Waals surface area contributed by atoms with Gasteiger partial charge in [0.15, 0.2) is 11.3 Å². The highest BCUT2D eigenvalue weighted by Crippen LogP contribution is 2.41. The number of hydrogen-bond donors (Lipinski definition) is 2. The number of aromatic nitrogens is 2. The van der Waals surface area contributed by atoms with Crippen molar-refractivity contribution in [2.24, 2.45) is 20.0 Å². The summed E-state index contributed by atoms with van der Waals surface area (Å²) in [7, 11) is 3.24. The average Bonchev–Trinajstić information content (AvgIpc) is 3.02. The molecule has 2 N–H and O–H groups in total. The number of nitrogens with one attached hydrogen (secondary N) is 1. The van der Waals surface area contributed by atoms with Crippen LogP contribution in [0.4, 0.5) is 5.82 Å². The highest BCUT2D eigenvalue weighted by Gasteiger charge is 2.52. The molecule has 2 aromatic carbocycles. The van der Waals surface area contributed by atoms with Gasteiger partial charge in [-0.2, -0.15) is 0 Å². The molecule has 1 aliphatic heterocycles. The molecule has 0 radical (unpaired) electrons. The molecule has 0 amide bonds. The molecule has 0 spiro atoms. The molecule has 6 nitrogen and oxygen atoms in total. The molecular weight excluding hydrogens is 481 g/mol. The third-order valence-electron chi connectivity index (χ3n) is 5.93. The van der Waals surface area contributed by atoms with E-state index in [-0.39, 0.29) is 17.4 Å². The van der Waals surface area contributed by atoms with Gasteiger partial charge >= 0.3 is 17.4 Å². The number of nitrogens with zero attached hydrogens (tertiary/aromatic N) is 2. The number of ketones is 1. The van der Waals surface area contributed by atoms with Gasteiger partial charge in [0.25, 0.3) is 0 Å². The second-order valence-electron chi connectivity index (χ2n) is 7.44. The normalized spacial score (nSPS) is 19.4. The van der Waals surface area contributed by atoms with Crippen molar-refractivity contribution < 1.29 is 19.5 Å². The highest BCUT2D eigenvalue weighted by atomic mass is 127. The van der Waals surface area contributed by atoms with Gasteiger partial charge < -0.3 is 5.11 Å². The van der Waals surface area contributed by atoms with Crippen molar-refractivity contribution in [1.29, 1.82) is 0 Å². The van der Waals surface area contributed by atoms with Crippen molar-refractivity contribution in [1.82, 2.24) is 4.57 Å². The van der Waals surface area contributed by atoms with Crippen molar-refractivity contribution in [3.63, 3.8) is 0 Å². The van der Waals surface area contributed by atoms with Gasteiger partial charge in [-0.15, -0.1) is 9.13 Å². The summed E-state index contributed by atoms with van der Waals surface area (Å²) >= 11 is 2.24. The molecule has 2 aliphatic rings. The summed E-state index contributed by atoms with van der Waals surface area (Å²) in [6, 6.07) is 15.3. The summed E-state index contributed by atoms with van der Waals surface area (Å²) in [6.07, 6.45) is 0. The zero-order valence-electron chi connectivity index (χ0n) is 15.8. The van der Waals surface area contributed by atoms with Gasteiger partial charge in [0, 0.05) is 20.6 Å². The van der Waals surface area contributed by atoms with Gasteiger partial charge in [-0.1, -0.05) is 30.3 Å². The average molecular weight is 499 g/mol. The van der Waals surface area contributed by atoms with Crippen LogP contribution in [0.25, 0.3) is 0 Å². The number of halogens is 1. The first-order chi connectivity index (χ1) is 13.9. The van der Waals surface area contributed by atoms with E-state index in [1.54, 1.807) is 11.6 Å². The Hall–Kier alpha value is -2.81. The molecular formula is C22H18IN3O3+2. The zero-order chi connectivity index (χ0) is 20.4. The van der Waals surface area contributed by atoms with Crippen molar-refractivity contribution >= 4 is 39.9 Å². The van der Waals surface area contributed by atoms with Crippen molar-refractivity contribution in [2.75, 3.05) is 0 Å². The maximum Gasteiger partial charge on any atom is 0.519 e. The first-order valence-corrected chi connectivity index (χ1v) is 10.3. The highest BCUT2D eigenvalue weighted by molar-refractivity contribution is 14.1. The molecule has 7 heteroatoms. The minimum atomic E-state index is -0.503. The summed E-state index contributed by atoms with van der Waals surface area (Å²) < 4.78 is 3.86. The smallest absolute Gasteiger partial charge is 0.434 e. The van der Waals surface area contributed by atoms with Gasteiger partial charge in [0.05, 0.1) is 0 Å². The van der Waals surface area contributed by atoms with Crippen molar-refractivity contribution in [3.8, 4) is 6.01 Å². The molecule has 1 aliphatic carbocycles. The van der Waals surface area contributed by atoms with Crippen LogP contribution in [0.15, 0.2) is 53.3 Å². The monoisotopic (exact) mass is 499 g/mol. The Morgan fingerprint density at radius 3 is 2.38 bits per heavy atom. The first-order valence-electron chi connectivity index (χ1n) is 9.25. The Kier molecular flexibility index (Phi) is 3.99. The zero-order valence-corrected chi connectivity index (χ0v) is 18.0. The third-order valence-corrected chi connectivity index (χ3v) is 6.65. The summed E-state index contributed by atoms with van der Waals surface area (Å²) in [5.74, 6) is -0.416. The fourth-order valence-electron chi connectivity index (χ4n) is 4.50. The lowest BCUT2D eigenvalue weighted by atomic mass is 9.76. The first kappa shape index (κ1) is 18.2. The number of carbonyl (C=O) groups is 1. The largest absolute Gasteiger partial charge is 0.519 e. The second-order valence-corrected chi connectivity index (χ2v) is 8.69. The van der Waals surface area contributed by atoms with Crippen LogP contribution in [-0.4, -0.2) is 21.2 Å². The van der Waals surface area contributed by atoms with E-state index in [1.165, 1.54) is 11.6 Å². The second kappa shape index (κ2) is 6.35. The Morgan fingerprint density at radius 2 is 1.69 bits per heavy atom.